The maximum Gasteiger partial charge on any atom is 0.172 e. The van der Waals surface area contributed by atoms with Crippen molar-refractivity contribution in [1.82, 2.24) is 0 Å². The molecule has 0 saturated heterocycles. The third kappa shape index (κ3) is 1.22. The van der Waals surface area contributed by atoms with Crippen LogP contribution in [0.5, 0.6) is 15.2 Å². The number of benzene rings is 1. The zero-order chi connectivity index (χ0) is 12.4. The molecule has 0 spiro atoms. The lowest BCUT2D eigenvalue weighted by atomic mass is 10.1. The summed E-state index contributed by atoms with van der Waals surface area (Å²) >= 11 is 3.89. The summed E-state index contributed by atoms with van der Waals surface area (Å²) in [6.07, 6.45) is 0. The Bertz CT molecular complexity index is 695. The standard InChI is InChI=1S/C12H6O3S3/c13-7-1-4-10(16-7)5-2-9(15)18-12(5)6-3-8(14)17-11(4)6/h1-3,13-15H. The van der Waals surface area contributed by atoms with Crippen molar-refractivity contribution in [2.24, 2.45) is 0 Å². The van der Waals surface area contributed by atoms with Gasteiger partial charge in [-0.1, -0.05) is 34.0 Å². The largest absolute Gasteiger partial charge is 0.499 e. The van der Waals surface area contributed by atoms with Gasteiger partial charge in [-0.3, -0.25) is 0 Å². The van der Waals surface area contributed by atoms with E-state index in [1.165, 1.54) is 34.0 Å². The molecule has 3 heterocycles. The van der Waals surface area contributed by atoms with Crippen molar-refractivity contribution in [1.29, 1.82) is 0 Å². The van der Waals surface area contributed by atoms with Gasteiger partial charge in [0.15, 0.2) is 15.2 Å². The van der Waals surface area contributed by atoms with E-state index in [2.05, 4.69) is 0 Å². The van der Waals surface area contributed by atoms with Crippen LogP contribution in [0.3, 0.4) is 0 Å². The number of hydrogen-bond donors (Lipinski definition) is 3. The Morgan fingerprint density at radius 3 is 1.11 bits per heavy atom. The molecule has 0 amide bonds. The Kier molecular flexibility index (Phi) is 1.90. The second kappa shape index (κ2) is 3.28. The van der Waals surface area contributed by atoms with E-state index in [4.69, 9.17) is 0 Å². The Balaban J connectivity index is 2.43. The maximum absolute atomic E-state index is 9.69. The fraction of sp³-hybridized carbons (Fsp3) is 0. The first-order chi connectivity index (χ1) is 8.63. The van der Waals surface area contributed by atoms with Crippen molar-refractivity contribution >= 4 is 64.3 Å². The molecule has 0 radical (unpaired) electrons. The predicted molar refractivity (Wildman–Crippen MR) is 77.6 cm³/mol. The summed E-state index contributed by atoms with van der Waals surface area (Å²) in [5.41, 5.74) is 0. The molecule has 3 nitrogen and oxygen atoms in total. The van der Waals surface area contributed by atoms with Crippen LogP contribution >= 0.6 is 34.0 Å². The lowest BCUT2D eigenvalue weighted by molar-refractivity contribution is 0.491. The monoisotopic (exact) mass is 294 g/mol. The molecular weight excluding hydrogens is 288 g/mol. The van der Waals surface area contributed by atoms with E-state index >= 15 is 0 Å². The van der Waals surface area contributed by atoms with Crippen LogP contribution in [0.1, 0.15) is 0 Å². The van der Waals surface area contributed by atoms with Crippen molar-refractivity contribution in [2.45, 2.75) is 0 Å². The van der Waals surface area contributed by atoms with Gasteiger partial charge in [-0.25, -0.2) is 0 Å². The minimum absolute atomic E-state index is 0.248. The second-order valence-electron chi connectivity index (χ2n) is 3.98. The van der Waals surface area contributed by atoms with Crippen molar-refractivity contribution in [2.75, 3.05) is 0 Å². The highest BCUT2D eigenvalue weighted by atomic mass is 32.1. The predicted octanol–water partition coefficient (Wildman–Crippen LogP) is 4.45. The highest BCUT2D eigenvalue weighted by molar-refractivity contribution is 7.28. The summed E-state index contributed by atoms with van der Waals surface area (Å²) in [6.45, 7) is 0. The van der Waals surface area contributed by atoms with Crippen LogP contribution in [0, 0.1) is 0 Å². The van der Waals surface area contributed by atoms with Gasteiger partial charge in [0, 0.05) is 48.5 Å². The molecule has 4 aromatic rings. The number of aromatic hydroxyl groups is 3. The lowest BCUT2D eigenvalue weighted by Crippen LogP contribution is -1.67. The SMILES string of the molecule is Oc1cc2c(s1)c1cc(O)sc1c1cc(O)sc21. The summed E-state index contributed by atoms with van der Waals surface area (Å²) in [5.74, 6) is 0. The van der Waals surface area contributed by atoms with E-state index in [-0.39, 0.29) is 15.2 Å². The number of thiophene rings is 3. The molecule has 3 N–H and O–H groups in total. The highest BCUT2D eigenvalue weighted by Crippen LogP contribution is 2.49. The van der Waals surface area contributed by atoms with Crippen molar-refractivity contribution in [3.05, 3.63) is 18.2 Å². The summed E-state index contributed by atoms with van der Waals surface area (Å²) in [6, 6.07) is 5.14. The Hall–Kier alpha value is -1.50. The first-order valence-corrected chi connectivity index (χ1v) is 7.58. The van der Waals surface area contributed by atoms with Gasteiger partial charge in [-0.2, -0.15) is 0 Å². The number of rotatable bonds is 0. The molecule has 0 aliphatic heterocycles. The Labute approximate surface area is 113 Å². The Morgan fingerprint density at radius 2 is 0.833 bits per heavy atom. The first-order valence-electron chi connectivity index (χ1n) is 5.13. The van der Waals surface area contributed by atoms with Crippen LogP contribution in [0.25, 0.3) is 30.3 Å². The van der Waals surface area contributed by atoms with E-state index in [0.717, 1.165) is 30.3 Å². The van der Waals surface area contributed by atoms with Crippen molar-refractivity contribution in [3.63, 3.8) is 0 Å². The summed E-state index contributed by atoms with van der Waals surface area (Å²) in [5, 5.41) is 32.6. The smallest absolute Gasteiger partial charge is 0.172 e. The van der Waals surface area contributed by atoms with E-state index in [1.54, 1.807) is 18.2 Å². The van der Waals surface area contributed by atoms with Crippen molar-refractivity contribution in [3.8, 4) is 15.2 Å². The molecule has 90 valence electrons. The third-order valence-corrected chi connectivity index (χ3v) is 5.80. The molecule has 3 aromatic heterocycles. The molecule has 0 saturated carbocycles. The molecule has 1 aromatic carbocycles. The molecule has 18 heavy (non-hydrogen) atoms. The minimum atomic E-state index is 0.248. The second-order valence-corrected chi connectivity index (χ2v) is 7.07. The lowest BCUT2D eigenvalue weighted by Gasteiger charge is -1.95. The molecule has 0 fully saturated rings. The number of hydrogen-bond acceptors (Lipinski definition) is 6. The quantitative estimate of drug-likeness (QED) is 0.449. The fourth-order valence-electron chi connectivity index (χ4n) is 2.24. The van der Waals surface area contributed by atoms with Gasteiger partial charge in [0.2, 0.25) is 0 Å². The zero-order valence-corrected chi connectivity index (χ0v) is 11.2. The summed E-state index contributed by atoms with van der Waals surface area (Å²) in [7, 11) is 0. The van der Waals surface area contributed by atoms with Crippen LogP contribution in [-0.2, 0) is 0 Å². The van der Waals surface area contributed by atoms with Gasteiger partial charge in [-0.05, 0) is 0 Å². The van der Waals surface area contributed by atoms with Gasteiger partial charge in [0.1, 0.15) is 0 Å². The molecule has 0 bridgehead atoms. The fourth-order valence-corrected chi connectivity index (χ4v) is 5.22. The van der Waals surface area contributed by atoms with Gasteiger partial charge in [-0.15, -0.1) is 0 Å². The van der Waals surface area contributed by atoms with E-state index in [0.29, 0.717) is 0 Å². The molecule has 6 heteroatoms. The van der Waals surface area contributed by atoms with Crippen LogP contribution in [-0.4, -0.2) is 15.3 Å². The third-order valence-electron chi connectivity index (χ3n) is 2.89. The molecule has 0 aliphatic rings. The average molecular weight is 294 g/mol. The van der Waals surface area contributed by atoms with Crippen LogP contribution in [0.4, 0.5) is 0 Å². The average Bonchev–Trinajstić information content (AvgIpc) is 2.93. The van der Waals surface area contributed by atoms with Crippen LogP contribution in [0.15, 0.2) is 18.2 Å². The van der Waals surface area contributed by atoms with E-state index in [1.807, 2.05) is 0 Å². The van der Waals surface area contributed by atoms with Gasteiger partial charge < -0.3 is 15.3 Å². The van der Waals surface area contributed by atoms with Gasteiger partial charge >= 0.3 is 0 Å². The molecular formula is C12H6O3S3. The zero-order valence-electron chi connectivity index (χ0n) is 8.80. The van der Waals surface area contributed by atoms with Gasteiger partial charge in [0.05, 0.1) is 0 Å². The number of fused-ring (bicyclic) bond motifs is 6. The molecule has 0 atom stereocenters. The van der Waals surface area contributed by atoms with E-state index < -0.39 is 0 Å². The maximum atomic E-state index is 9.69. The minimum Gasteiger partial charge on any atom is -0.499 e. The summed E-state index contributed by atoms with van der Waals surface area (Å²) in [4.78, 5) is 0. The van der Waals surface area contributed by atoms with Crippen molar-refractivity contribution < 1.29 is 15.3 Å². The summed E-state index contributed by atoms with van der Waals surface area (Å²) < 4.78 is 2.86. The Morgan fingerprint density at radius 1 is 0.556 bits per heavy atom. The highest BCUT2D eigenvalue weighted by Gasteiger charge is 2.16. The molecule has 0 aliphatic carbocycles. The van der Waals surface area contributed by atoms with Crippen LogP contribution in [0.2, 0.25) is 0 Å². The normalized spacial score (nSPS) is 12.0. The molecule has 0 unspecified atom stereocenters. The van der Waals surface area contributed by atoms with E-state index in [9.17, 15) is 15.3 Å². The molecule has 4 rings (SSSR count). The topological polar surface area (TPSA) is 60.7 Å². The van der Waals surface area contributed by atoms with Crippen LogP contribution < -0.4 is 0 Å². The first kappa shape index (κ1) is 10.4. The van der Waals surface area contributed by atoms with Gasteiger partial charge in [0.25, 0.3) is 0 Å².